The summed E-state index contributed by atoms with van der Waals surface area (Å²) in [5, 5.41) is 0. The summed E-state index contributed by atoms with van der Waals surface area (Å²) in [6.45, 7) is 4.46. The van der Waals surface area contributed by atoms with Crippen molar-refractivity contribution < 1.29 is 0 Å². The van der Waals surface area contributed by atoms with Gasteiger partial charge in [-0.25, -0.2) is 0 Å². The van der Waals surface area contributed by atoms with Crippen molar-refractivity contribution in [1.82, 2.24) is 0 Å². The molecule has 0 aliphatic rings. The third-order valence-corrected chi connectivity index (χ3v) is 3.50. The highest BCUT2D eigenvalue weighted by Crippen LogP contribution is 2.09. The van der Waals surface area contributed by atoms with Crippen LogP contribution in [0.15, 0.2) is 36.5 Å². The Hall–Kier alpha value is -0.780. The summed E-state index contributed by atoms with van der Waals surface area (Å²) in [7, 11) is 0. The van der Waals surface area contributed by atoms with E-state index in [4.69, 9.17) is 0 Å². The summed E-state index contributed by atoms with van der Waals surface area (Å²) in [4.78, 5) is 0. The first kappa shape index (κ1) is 19.2. The molecule has 0 aromatic rings. The van der Waals surface area contributed by atoms with Gasteiger partial charge in [-0.1, -0.05) is 95.2 Å². The fraction of sp³-hybridized carbons (Fsp3) is 0.700. The molecule has 0 aromatic heterocycles. The molecule has 0 aromatic carbocycles. The zero-order valence-electron chi connectivity index (χ0n) is 13.9. The molecule has 0 fully saturated rings. The zero-order valence-corrected chi connectivity index (χ0v) is 13.9. The van der Waals surface area contributed by atoms with Crippen molar-refractivity contribution in [1.29, 1.82) is 0 Å². The summed E-state index contributed by atoms with van der Waals surface area (Å²) in [6, 6.07) is 0. The topological polar surface area (TPSA) is 0 Å². The SMILES string of the molecule is CCC=CCC=CC/C=C\CCCCCCCCCC. The van der Waals surface area contributed by atoms with Crippen LogP contribution in [0.5, 0.6) is 0 Å². The molecule has 0 nitrogen and oxygen atoms in total. The van der Waals surface area contributed by atoms with E-state index in [0.29, 0.717) is 0 Å². The molecule has 0 N–H and O–H groups in total. The lowest BCUT2D eigenvalue weighted by Crippen LogP contribution is -1.79. The molecule has 0 spiro atoms. The number of allylic oxidation sites excluding steroid dienone is 6. The fourth-order valence-electron chi connectivity index (χ4n) is 2.22. The minimum absolute atomic E-state index is 1.08. The van der Waals surface area contributed by atoms with Crippen molar-refractivity contribution >= 4 is 0 Å². The van der Waals surface area contributed by atoms with E-state index in [9.17, 15) is 0 Å². The average Bonchev–Trinajstić information content (AvgIpc) is 2.47. The largest absolute Gasteiger partial charge is 0.0885 e. The van der Waals surface area contributed by atoms with Gasteiger partial charge >= 0.3 is 0 Å². The quantitative estimate of drug-likeness (QED) is 0.229. The molecule has 0 heteroatoms. The lowest BCUT2D eigenvalue weighted by Gasteiger charge is -1.99. The van der Waals surface area contributed by atoms with Gasteiger partial charge in [-0.15, -0.1) is 0 Å². The Bertz CT molecular complexity index is 245. The van der Waals surface area contributed by atoms with Crippen LogP contribution in [0.2, 0.25) is 0 Å². The second-order valence-corrected chi connectivity index (χ2v) is 5.56. The summed E-state index contributed by atoms with van der Waals surface area (Å²) in [5.41, 5.74) is 0. The smallest absolute Gasteiger partial charge is 0.0169 e. The Balaban J connectivity index is 3.17. The maximum absolute atomic E-state index is 2.35. The van der Waals surface area contributed by atoms with E-state index in [1.165, 1.54) is 57.8 Å². The maximum Gasteiger partial charge on any atom is -0.0169 e. The van der Waals surface area contributed by atoms with Gasteiger partial charge in [0.25, 0.3) is 0 Å². The van der Waals surface area contributed by atoms with Crippen LogP contribution in [0.25, 0.3) is 0 Å². The Morgan fingerprint density at radius 1 is 0.500 bits per heavy atom. The predicted molar refractivity (Wildman–Crippen MR) is 94.2 cm³/mol. The maximum atomic E-state index is 2.35. The molecule has 0 rings (SSSR count). The summed E-state index contributed by atoms with van der Waals surface area (Å²) in [5.74, 6) is 0. The van der Waals surface area contributed by atoms with E-state index < -0.39 is 0 Å². The molecule has 20 heavy (non-hydrogen) atoms. The van der Waals surface area contributed by atoms with Gasteiger partial charge in [0, 0.05) is 0 Å². The van der Waals surface area contributed by atoms with Gasteiger partial charge in [0.2, 0.25) is 0 Å². The van der Waals surface area contributed by atoms with E-state index in [0.717, 1.165) is 19.3 Å². The molecule has 0 aliphatic heterocycles. The summed E-state index contributed by atoms with van der Waals surface area (Å²) in [6.07, 6.45) is 29.5. The first-order valence-electron chi connectivity index (χ1n) is 8.86. The van der Waals surface area contributed by atoms with Crippen LogP contribution in [-0.2, 0) is 0 Å². The summed E-state index contributed by atoms with van der Waals surface area (Å²) < 4.78 is 0. The molecular weight excluding hydrogens is 240 g/mol. The predicted octanol–water partition coefficient (Wildman–Crippen LogP) is 7.38. The third-order valence-electron chi connectivity index (χ3n) is 3.50. The van der Waals surface area contributed by atoms with Gasteiger partial charge < -0.3 is 0 Å². The Morgan fingerprint density at radius 3 is 1.60 bits per heavy atom. The van der Waals surface area contributed by atoms with Crippen LogP contribution in [0.1, 0.15) is 90.9 Å². The van der Waals surface area contributed by atoms with Crippen molar-refractivity contribution in [2.75, 3.05) is 0 Å². The molecule has 0 atom stereocenters. The molecule has 116 valence electrons. The van der Waals surface area contributed by atoms with Crippen molar-refractivity contribution in [3.05, 3.63) is 36.5 Å². The van der Waals surface area contributed by atoms with E-state index in [1.54, 1.807) is 0 Å². The second kappa shape index (κ2) is 18.2. The number of rotatable bonds is 14. The Labute approximate surface area is 128 Å². The van der Waals surface area contributed by atoms with Crippen molar-refractivity contribution in [2.24, 2.45) is 0 Å². The van der Waals surface area contributed by atoms with E-state index in [1.807, 2.05) is 0 Å². The van der Waals surface area contributed by atoms with Crippen molar-refractivity contribution in [3.63, 3.8) is 0 Å². The van der Waals surface area contributed by atoms with E-state index in [2.05, 4.69) is 50.3 Å². The van der Waals surface area contributed by atoms with Gasteiger partial charge in [0.15, 0.2) is 0 Å². The Kier molecular flexibility index (Phi) is 17.5. The highest BCUT2D eigenvalue weighted by Gasteiger charge is 1.90. The van der Waals surface area contributed by atoms with Crippen molar-refractivity contribution in [2.45, 2.75) is 90.9 Å². The highest BCUT2D eigenvalue weighted by molar-refractivity contribution is 4.96. The molecule has 0 bridgehead atoms. The van der Waals surface area contributed by atoms with Crippen LogP contribution in [0.3, 0.4) is 0 Å². The van der Waals surface area contributed by atoms with Crippen LogP contribution in [0, 0.1) is 0 Å². The molecule has 0 radical (unpaired) electrons. The van der Waals surface area contributed by atoms with Gasteiger partial charge in [-0.3, -0.25) is 0 Å². The molecule has 0 saturated heterocycles. The number of hydrogen-bond acceptors (Lipinski definition) is 0. The first-order valence-corrected chi connectivity index (χ1v) is 8.86. The molecule has 0 amide bonds. The van der Waals surface area contributed by atoms with Crippen LogP contribution in [0.4, 0.5) is 0 Å². The molecule has 0 unspecified atom stereocenters. The molecule has 0 heterocycles. The number of hydrogen-bond donors (Lipinski definition) is 0. The average molecular weight is 277 g/mol. The van der Waals surface area contributed by atoms with Crippen LogP contribution >= 0.6 is 0 Å². The number of unbranched alkanes of at least 4 members (excludes halogenated alkanes) is 8. The molecule has 0 saturated carbocycles. The zero-order chi connectivity index (χ0) is 14.7. The fourth-order valence-corrected chi connectivity index (χ4v) is 2.22. The lowest BCUT2D eigenvalue weighted by molar-refractivity contribution is 0.577. The molecule has 0 aliphatic carbocycles. The minimum Gasteiger partial charge on any atom is -0.0885 e. The normalized spacial score (nSPS) is 12.3. The van der Waals surface area contributed by atoms with Crippen LogP contribution < -0.4 is 0 Å². The van der Waals surface area contributed by atoms with E-state index >= 15 is 0 Å². The molecular formula is C20H36. The Morgan fingerprint density at radius 2 is 1.00 bits per heavy atom. The van der Waals surface area contributed by atoms with Crippen LogP contribution in [-0.4, -0.2) is 0 Å². The minimum atomic E-state index is 1.08. The van der Waals surface area contributed by atoms with Gasteiger partial charge in [0.1, 0.15) is 0 Å². The monoisotopic (exact) mass is 276 g/mol. The van der Waals surface area contributed by atoms with E-state index in [-0.39, 0.29) is 0 Å². The lowest BCUT2D eigenvalue weighted by atomic mass is 10.1. The highest BCUT2D eigenvalue weighted by atomic mass is 14.0. The first-order chi connectivity index (χ1) is 9.91. The second-order valence-electron chi connectivity index (χ2n) is 5.56. The standard InChI is InChI=1S/C20H36/c1-3-5-7-9-11-13-15-17-19-20-18-16-14-12-10-8-6-4-2/h5,7,11,13,17,19H,3-4,6,8-10,12,14-16,18,20H2,1-2H3/b7-5?,13-11?,19-17-. The van der Waals surface area contributed by atoms with Gasteiger partial charge in [-0.2, -0.15) is 0 Å². The third kappa shape index (κ3) is 17.2. The summed E-state index contributed by atoms with van der Waals surface area (Å²) >= 11 is 0. The van der Waals surface area contributed by atoms with Crippen molar-refractivity contribution in [3.8, 4) is 0 Å². The van der Waals surface area contributed by atoms with Gasteiger partial charge in [-0.05, 0) is 32.1 Å². The van der Waals surface area contributed by atoms with Gasteiger partial charge in [0.05, 0.1) is 0 Å².